The molecule has 0 saturated carbocycles. The maximum atomic E-state index is 5.66. The normalized spacial score (nSPS) is 12.6. The smallest absolute Gasteiger partial charge is 0.142 e. The third-order valence-corrected chi connectivity index (χ3v) is 3.92. The topological polar surface area (TPSA) is 51.8 Å². The Kier molecular flexibility index (Phi) is 3.86. The molecule has 0 aromatic carbocycles. The number of rotatable bonds is 4. The van der Waals surface area contributed by atoms with E-state index < -0.39 is 0 Å². The minimum atomic E-state index is 0.505. The van der Waals surface area contributed by atoms with Crippen LogP contribution in [0.2, 0.25) is 0 Å². The number of nitrogens with zero attached hydrogens (tertiary/aromatic N) is 2. The van der Waals surface area contributed by atoms with Crippen LogP contribution in [-0.2, 0) is 6.42 Å². The third-order valence-electron chi connectivity index (χ3n) is 2.71. The monoisotopic (exact) mass is 247 g/mol. The van der Waals surface area contributed by atoms with Gasteiger partial charge in [0.25, 0.3) is 0 Å². The van der Waals surface area contributed by atoms with Crippen LogP contribution in [0.3, 0.4) is 0 Å². The Balaban J connectivity index is 2.25. The molecule has 17 heavy (non-hydrogen) atoms. The first-order valence-corrected chi connectivity index (χ1v) is 6.60. The van der Waals surface area contributed by atoms with Gasteiger partial charge in [0.2, 0.25) is 0 Å². The molecule has 0 spiro atoms. The van der Waals surface area contributed by atoms with Crippen LogP contribution in [0.1, 0.15) is 17.5 Å². The second-order valence-electron chi connectivity index (χ2n) is 4.29. The molecular formula is C13H17N3S. The van der Waals surface area contributed by atoms with E-state index in [2.05, 4.69) is 23.8 Å². The molecule has 2 rings (SSSR count). The predicted octanol–water partition coefficient (Wildman–Crippen LogP) is 2.65. The molecule has 0 fully saturated rings. The Bertz CT molecular complexity index is 479. The molecule has 0 aliphatic carbocycles. The number of pyridine rings is 1. The van der Waals surface area contributed by atoms with Gasteiger partial charge in [-0.15, -0.1) is 11.3 Å². The largest absolute Gasteiger partial charge is 0.330 e. The standard InChI is InChI=1S/C13H17N3S/c1-9(8-14)7-12-10(2)16-13(17-12)11-5-3-4-6-15-11/h3-6,9H,7-8,14H2,1-2H3. The van der Waals surface area contributed by atoms with Gasteiger partial charge in [0.15, 0.2) is 0 Å². The fourth-order valence-corrected chi connectivity index (χ4v) is 2.82. The zero-order valence-corrected chi connectivity index (χ0v) is 11.0. The minimum absolute atomic E-state index is 0.505. The number of thiazole rings is 1. The van der Waals surface area contributed by atoms with Crippen molar-refractivity contribution in [1.29, 1.82) is 0 Å². The minimum Gasteiger partial charge on any atom is -0.330 e. The molecule has 0 amide bonds. The molecule has 0 radical (unpaired) electrons. The highest BCUT2D eigenvalue weighted by Crippen LogP contribution is 2.27. The molecule has 0 aliphatic heterocycles. The van der Waals surface area contributed by atoms with Crippen LogP contribution < -0.4 is 5.73 Å². The van der Waals surface area contributed by atoms with Crippen molar-refractivity contribution in [3.63, 3.8) is 0 Å². The van der Waals surface area contributed by atoms with Crippen LogP contribution in [-0.4, -0.2) is 16.5 Å². The summed E-state index contributed by atoms with van der Waals surface area (Å²) in [5, 5.41) is 1.00. The maximum Gasteiger partial charge on any atom is 0.142 e. The van der Waals surface area contributed by atoms with Gasteiger partial charge in [-0.25, -0.2) is 4.98 Å². The highest BCUT2D eigenvalue weighted by molar-refractivity contribution is 7.15. The van der Waals surface area contributed by atoms with Crippen molar-refractivity contribution in [2.24, 2.45) is 11.7 Å². The zero-order chi connectivity index (χ0) is 12.3. The summed E-state index contributed by atoms with van der Waals surface area (Å²) in [7, 11) is 0. The summed E-state index contributed by atoms with van der Waals surface area (Å²) in [5.41, 5.74) is 7.72. The number of nitrogens with two attached hydrogens (primary N) is 1. The molecule has 3 nitrogen and oxygen atoms in total. The molecule has 0 saturated heterocycles. The highest BCUT2D eigenvalue weighted by atomic mass is 32.1. The van der Waals surface area contributed by atoms with E-state index in [1.54, 1.807) is 17.5 Å². The van der Waals surface area contributed by atoms with E-state index in [9.17, 15) is 0 Å². The Morgan fingerprint density at radius 2 is 2.24 bits per heavy atom. The molecule has 2 aromatic rings. The van der Waals surface area contributed by atoms with Crippen LogP contribution in [0.5, 0.6) is 0 Å². The fraction of sp³-hybridized carbons (Fsp3) is 0.385. The second-order valence-corrected chi connectivity index (χ2v) is 5.37. The van der Waals surface area contributed by atoms with E-state index in [1.807, 2.05) is 18.2 Å². The Morgan fingerprint density at radius 3 is 2.88 bits per heavy atom. The van der Waals surface area contributed by atoms with Gasteiger partial charge < -0.3 is 5.73 Å². The van der Waals surface area contributed by atoms with Crippen LogP contribution >= 0.6 is 11.3 Å². The molecule has 90 valence electrons. The average Bonchev–Trinajstić information content (AvgIpc) is 2.72. The first-order chi connectivity index (χ1) is 8.20. The molecule has 0 bridgehead atoms. The lowest BCUT2D eigenvalue weighted by Gasteiger charge is -2.05. The van der Waals surface area contributed by atoms with Gasteiger partial charge in [0.05, 0.1) is 11.4 Å². The summed E-state index contributed by atoms with van der Waals surface area (Å²) < 4.78 is 0. The summed E-state index contributed by atoms with van der Waals surface area (Å²) in [6.07, 6.45) is 2.81. The number of aromatic nitrogens is 2. The van der Waals surface area contributed by atoms with Crippen LogP contribution in [0, 0.1) is 12.8 Å². The van der Waals surface area contributed by atoms with Crippen LogP contribution in [0.15, 0.2) is 24.4 Å². The fourth-order valence-electron chi connectivity index (χ4n) is 1.62. The predicted molar refractivity (Wildman–Crippen MR) is 72.0 cm³/mol. The van der Waals surface area contributed by atoms with Crippen molar-refractivity contribution in [1.82, 2.24) is 9.97 Å². The van der Waals surface area contributed by atoms with E-state index >= 15 is 0 Å². The summed E-state index contributed by atoms with van der Waals surface area (Å²) in [4.78, 5) is 10.2. The van der Waals surface area contributed by atoms with Crippen molar-refractivity contribution in [3.05, 3.63) is 35.0 Å². The molecular weight excluding hydrogens is 230 g/mol. The van der Waals surface area contributed by atoms with Crippen LogP contribution in [0.25, 0.3) is 10.7 Å². The van der Waals surface area contributed by atoms with E-state index in [0.29, 0.717) is 5.92 Å². The van der Waals surface area contributed by atoms with Crippen molar-refractivity contribution >= 4 is 11.3 Å². The van der Waals surface area contributed by atoms with Gasteiger partial charge in [-0.05, 0) is 37.9 Å². The Labute approximate surface area is 106 Å². The lowest BCUT2D eigenvalue weighted by atomic mass is 10.1. The van der Waals surface area contributed by atoms with Gasteiger partial charge in [0.1, 0.15) is 5.01 Å². The molecule has 2 heterocycles. The Morgan fingerprint density at radius 1 is 1.41 bits per heavy atom. The van der Waals surface area contributed by atoms with E-state index in [4.69, 9.17) is 5.73 Å². The van der Waals surface area contributed by atoms with E-state index in [0.717, 1.165) is 29.4 Å². The summed E-state index contributed by atoms with van der Waals surface area (Å²) in [6, 6.07) is 5.90. The SMILES string of the molecule is Cc1nc(-c2ccccn2)sc1CC(C)CN. The number of hydrogen-bond acceptors (Lipinski definition) is 4. The molecule has 4 heteroatoms. The molecule has 0 aliphatic rings. The molecule has 2 aromatic heterocycles. The maximum absolute atomic E-state index is 5.66. The average molecular weight is 247 g/mol. The Hall–Kier alpha value is -1.26. The van der Waals surface area contributed by atoms with Crippen molar-refractivity contribution in [2.45, 2.75) is 20.3 Å². The van der Waals surface area contributed by atoms with Gasteiger partial charge >= 0.3 is 0 Å². The van der Waals surface area contributed by atoms with Crippen molar-refractivity contribution in [3.8, 4) is 10.7 Å². The number of aryl methyl sites for hydroxylation is 1. The summed E-state index contributed by atoms with van der Waals surface area (Å²) in [5.74, 6) is 0.505. The first kappa shape index (κ1) is 12.2. The molecule has 2 N–H and O–H groups in total. The van der Waals surface area contributed by atoms with Gasteiger partial charge in [-0.3, -0.25) is 4.98 Å². The van der Waals surface area contributed by atoms with E-state index in [1.165, 1.54) is 4.88 Å². The summed E-state index contributed by atoms with van der Waals surface area (Å²) in [6.45, 7) is 4.94. The first-order valence-electron chi connectivity index (χ1n) is 5.78. The van der Waals surface area contributed by atoms with Gasteiger partial charge in [0, 0.05) is 11.1 Å². The van der Waals surface area contributed by atoms with E-state index in [-0.39, 0.29) is 0 Å². The molecule has 1 atom stereocenters. The quantitative estimate of drug-likeness (QED) is 0.903. The van der Waals surface area contributed by atoms with Crippen molar-refractivity contribution < 1.29 is 0 Å². The lowest BCUT2D eigenvalue weighted by Crippen LogP contribution is -2.12. The van der Waals surface area contributed by atoms with Crippen molar-refractivity contribution in [2.75, 3.05) is 6.54 Å². The third kappa shape index (κ3) is 2.90. The second kappa shape index (κ2) is 5.38. The lowest BCUT2D eigenvalue weighted by molar-refractivity contribution is 0.596. The number of hydrogen-bond donors (Lipinski definition) is 1. The highest BCUT2D eigenvalue weighted by Gasteiger charge is 2.12. The summed E-state index contributed by atoms with van der Waals surface area (Å²) >= 11 is 1.73. The van der Waals surface area contributed by atoms with Crippen LogP contribution in [0.4, 0.5) is 0 Å². The van der Waals surface area contributed by atoms with Gasteiger partial charge in [-0.2, -0.15) is 0 Å². The molecule has 1 unspecified atom stereocenters. The van der Waals surface area contributed by atoms with Gasteiger partial charge in [-0.1, -0.05) is 13.0 Å². The zero-order valence-electron chi connectivity index (χ0n) is 10.2.